The fourth-order valence-corrected chi connectivity index (χ4v) is 17.9. The number of aliphatic hydroxyl groups excluding tert-OH is 10. The minimum atomic E-state index is -5.08. The first-order valence-electron chi connectivity index (χ1n) is 29.3. The largest absolute Gasteiger partial charge is 0.476 e. The maximum atomic E-state index is 12.8. The predicted molar refractivity (Wildman–Crippen MR) is 370 cm³/mol. The zero-order valence-electron chi connectivity index (χ0n) is 56.0. The number of phosphoric ester groups is 4. The molecule has 7 rings (SSSR count). The van der Waals surface area contributed by atoms with Crippen LogP contribution < -0.4 is 0 Å². The summed E-state index contributed by atoms with van der Waals surface area (Å²) in [4.78, 5) is 127. The van der Waals surface area contributed by atoms with E-state index < -0.39 is 291 Å². The average Bonchev–Trinajstić information content (AvgIpc) is 1.79. The van der Waals surface area contributed by atoms with Crippen molar-refractivity contribution in [2.45, 2.75) is 168 Å². The van der Waals surface area contributed by atoms with Crippen molar-refractivity contribution in [2.24, 2.45) is 0 Å². The van der Waals surface area contributed by atoms with Gasteiger partial charge in [0.2, 0.25) is 7.57 Å². The number of ether oxygens (including phenoxy) is 8. The number of alkyl halides is 3. The number of hydrogen-bond donors (Lipinski definition) is 25. The fraction of sp³-hybridized carbons (Fsp3) is 1.00. The Bertz CT molecular complexity index is 3040. The number of hydrogen-bond acceptors (Lipinski definition) is 38. The molecule has 74 heteroatoms. The third kappa shape index (κ3) is 44.1. The Hall–Kier alpha value is 2.52. The molecule has 7 fully saturated rings. The van der Waals surface area contributed by atoms with Gasteiger partial charge in [0.15, 0.2) is 0 Å². The van der Waals surface area contributed by atoms with E-state index in [2.05, 4.69) is 60.7 Å². The molecule has 0 amide bonds. The number of rotatable bonds is 28. The van der Waals surface area contributed by atoms with Gasteiger partial charge in [0.05, 0.1) is 74.2 Å². The maximum Gasteiger partial charge on any atom is 0.476 e. The molecule has 7 aliphatic heterocycles. The summed E-state index contributed by atoms with van der Waals surface area (Å²) in [5, 5.41) is 92.7. The molecule has 16 radical (unpaired) electrons. The van der Waals surface area contributed by atoms with Crippen molar-refractivity contribution in [3.05, 3.63) is 0 Å². The van der Waals surface area contributed by atoms with Crippen LogP contribution in [0.5, 0.6) is 0 Å². The second kappa shape index (κ2) is 47.6. The molecule has 634 valence electrons. The summed E-state index contributed by atoms with van der Waals surface area (Å²) in [6.45, 7) is -2.66. The maximum absolute atomic E-state index is 12.8. The van der Waals surface area contributed by atoms with E-state index >= 15 is 0 Å². The topological polar surface area (TPSA) is 826 Å². The quantitative estimate of drug-likeness (QED) is 0.0196. The van der Waals surface area contributed by atoms with Crippen LogP contribution in [-0.2, 0) is 124 Å². The van der Waals surface area contributed by atoms with Crippen molar-refractivity contribution in [3.8, 4) is 0 Å². The molecule has 31 atom stereocenters. The van der Waals surface area contributed by atoms with Crippen LogP contribution in [0.15, 0.2) is 0 Å². The molecule has 111 heavy (non-hydrogen) atoms. The molecule has 0 aliphatic carbocycles. The van der Waals surface area contributed by atoms with Gasteiger partial charge in [-0.15, -0.1) is 11.6 Å². The molecule has 0 bridgehead atoms. The summed E-state index contributed by atoms with van der Waals surface area (Å²) in [6, 6.07) is -7.09. The minimum Gasteiger partial charge on any atom is -0.388 e. The van der Waals surface area contributed by atoms with Crippen LogP contribution in [0.2, 0.25) is 0 Å². The van der Waals surface area contributed by atoms with Crippen LogP contribution in [0.4, 0.5) is 4.39 Å². The molecule has 0 aromatic rings. The van der Waals surface area contributed by atoms with Gasteiger partial charge in [-0.05, 0) is 0 Å². The van der Waals surface area contributed by atoms with Crippen LogP contribution in [0, 0.1) is 0 Å². The zero-order chi connectivity index (χ0) is 86.8. The predicted octanol–water partition coefficient (Wildman–Crippen LogP) is -10.8. The Balaban J connectivity index is 0.000000649. The summed E-state index contributed by atoms with van der Waals surface area (Å²) in [7, 11) is 1.60. The van der Waals surface area contributed by atoms with Crippen molar-refractivity contribution in [1.82, 2.24) is 0 Å². The molecular formula is C37H73B8BrClFO52P10Se. The van der Waals surface area contributed by atoms with E-state index in [1.807, 2.05) is 15.1 Å². The number of methoxy groups -OCH3 is 1. The monoisotopic (exact) mass is 1960 g/mol. The van der Waals surface area contributed by atoms with Crippen LogP contribution in [0.25, 0.3) is 0 Å². The first kappa shape index (κ1) is 112. The standard InChI is InChI=1S/C6H13BO9P2.C6H12BO7P.C5H10B2O9P2.C5H9BBrO6P.C5H9BClO6P.C5H9BFO6P.C5H11BO9P2Se/c1-17(10,16-18(11,12)13)14-2-3-4(8)5(9)6(7)15-3;1-12-5-4(8)3(14-6(5)7)2-13-15(9,10)11;6-5-4(9)3(8)2(15-5)1-14-17(7,10)16-18(11,12)13;3*6-5-3(7)4(8)2(13-5)1-12-14(9,10)11;6-5-4(8)3(7)2(14-5)1-13-17(12,18)15-16(9,10)11/h3-6,8-9H,2H2,1H3,(H2,11,12,13);3-6,8H,2H2,1H3,(H2,9,10,11);2-5,8-9H,1H2,(H2,11,12,13);3*2-5,8H,1H2,(H2,9,10,11);2-5,7-8H,1H2,(H,12,18)(H2,9,10,11)/t3?,4-,5-,6-,17?;3?,4-,5-,6-;2?,3-,4-,5-,17?;3*2?,3-,4-,5-;2?,3-,4-,5-,17?/m1111111/s1. The molecule has 7 saturated heterocycles. The van der Waals surface area contributed by atoms with E-state index in [9.17, 15) is 96.3 Å². The smallest absolute Gasteiger partial charge is 0.388 e. The molecule has 10 unspecified atom stereocenters. The Kier molecular flexibility index (Phi) is 47.8. The average molecular weight is 1960 g/mol. The molecule has 0 aromatic heterocycles. The normalized spacial score (nSPS) is 37.5. The molecule has 7 heterocycles. The van der Waals surface area contributed by atoms with Gasteiger partial charge in [-0.2, -0.15) is 0 Å². The second-order valence-corrected chi connectivity index (χ2v) is 41.1. The van der Waals surface area contributed by atoms with Gasteiger partial charge in [-0.1, -0.05) is 15.9 Å². The number of aliphatic hydroxyl groups is 10. The van der Waals surface area contributed by atoms with E-state index in [1.165, 1.54) is 7.11 Å². The van der Waals surface area contributed by atoms with E-state index in [0.29, 0.717) is 0 Å². The SMILES string of the molecule is [B][C@@H]1OC(COP(=O)(O)O)[C@@H](O)[C@H]1Br.[B][C@@H]1OC(COP(=O)(O)O)[C@@H](O)[C@H]1Cl.[B][C@@H]1OC(COP(=O)(O)O)[C@@H](O)[C@H]1F.[B][C@@H]1OC(COP(=O)(O)O)[C@@H](O)[C@H]1OC.[B][C@@H]1OC(COP(C)(=O)OP(=O)(O)O)[C@@H](O)[C@H]1O.[B][C@@H]1OC(COP(O)(=[Se])OP(=O)(O)O)[C@@H](O)[C@H]1O.[B][C@@H]1OC(COP([B])(=O)OP(=O)(O)O)[C@@H](O)[C@H]1O. The third-order valence-corrected chi connectivity index (χ3v) is 26.0. The third-order valence-electron chi connectivity index (χ3n) is 13.5. The molecular weight excluding hydrogens is 1890 g/mol. The number of phosphoric acid groups is 7. The van der Waals surface area contributed by atoms with Gasteiger partial charge < -0.3 is 142 Å². The first-order chi connectivity index (χ1) is 49.8. The van der Waals surface area contributed by atoms with Crippen molar-refractivity contribution in [2.75, 3.05) is 60.0 Å². The Morgan fingerprint density at radius 3 is 0.910 bits per heavy atom. The Labute approximate surface area is 658 Å². The van der Waals surface area contributed by atoms with Gasteiger partial charge in [-0.3, -0.25) is 27.2 Å². The molecule has 0 saturated carbocycles. The minimum absolute atomic E-state index is 0.402. The van der Waals surface area contributed by atoms with Crippen molar-refractivity contribution in [1.29, 1.82) is 0 Å². The molecule has 7 aliphatic rings. The van der Waals surface area contributed by atoms with Gasteiger partial charge in [0.25, 0.3) is 7.47 Å². The van der Waals surface area contributed by atoms with Gasteiger partial charge in [-0.25, -0.2) is 40.4 Å². The molecule has 0 aromatic carbocycles. The first-order valence-corrected chi connectivity index (χ1v) is 48.8. The van der Waals surface area contributed by atoms with E-state index in [1.54, 1.807) is 0 Å². The van der Waals surface area contributed by atoms with Crippen LogP contribution in [0.3, 0.4) is 0 Å². The van der Waals surface area contributed by atoms with Crippen molar-refractivity contribution < 1.29 is 252 Å². The summed E-state index contributed by atoms with van der Waals surface area (Å²) < 4.78 is 189. The van der Waals surface area contributed by atoms with Crippen molar-refractivity contribution >= 4 is 181 Å². The van der Waals surface area contributed by atoms with Crippen molar-refractivity contribution in [3.63, 3.8) is 0 Å². The summed E-state index contributed by atoms with van der Waals surface area (Å²) in [5.41, 5.74) is 0. The molecule has 52 nitrogen and oxygen atoms in total. The van der Waals surface area contributed by atoms with Crippen LogP contribution in [0.1, 0.15) is 0 Å². The number of halogens is 3. The fourth-order valence-electron chi connectivity index (χ4n) is 8.39. The van der Waals surface area contributed by atoms with E-state index in [-0.39, 0.29) is 0 Å². The second-order valence-electron chi connectivity index (χ2n) is 22.4. The van der Waals surface area contributed by atoms with E-state index in [0.717, 1.165) is 6.66 Å². The van der Waals surface area contributed by atoms with Gasteiger partial charge in [0.1, 0.15) is 126 Å². The van der Waals surface area contributed by atoms with Gasteiger partial charge >= 0.3 is 165 Å². The Morgan fingerprint density at radius 2 is 0.640 bits per heavy atom. The summed E-state index contributed by atoms with van der Waals surface area (Å²) >= 11 is 10.7. The zero-order valence-corrected chi connectivity index (χ0v) is 69.0. The van der Waals surface area contributed by atoms with Crippen LogP contribution in [-0.4, -0.2) is 430 Å². The van der Waals surface area contributed by atoms with E-state index in [4.69, 9.17) is 185 Å². The molecule has 25 N–H and O–H groups in total. The van der Waals surface area contributed by atoms with Crippen LogP contribution >= 0.6 is 104 Å². The Morgan fingerprint density at radius 1 is 0.360 bits per heavy atom. The van der Waals surface area contributed by atoms with Gasteiger partial charge in [0, 0.05) is 43.8 Å². The summed E-state index contributed by atoms with van der Waals surface area (Å²) in [5.74, 6) is 0. The summed E-state index contributed by atoms with van der Waals surface area (Å²) in [6.07, 6.45) is -26.2. The molecule has 0 spiro atoms.